The zero-order valence-corrected chi connectivity index (χ0v) is 28.6. The Morgan fingerprint density at radius 3 is 1.38 bits per heavy atom. The first-order valence-corrected chi connectivity index (χ1v) is 17.8. The molecular weight excluding hydrogens is 647 g/mol. The number of nitrogens with zero attached hydrogens (tertiary/aromatic N) is 5. The maximum absolute atomic E-state index is 5.48. The zero-order chi connectivity index (χ0) is 35.2. The van der Waals surface area contributed by atoms with Gasteiger partial charge in [0.1, 0.15) is 0 Å². The maximum atomic E-state index is 5.48. The minimum Gasteiger partial charge on any atom is -0.236 e. The largest absolute Gasteiger partial charge is 0.236 e. The summed E-state index contributed by atoms with van der Waals surface area (Å²) in [6.07, 6.45) is 2.01. The van der Waals surface area contributed by atoms with Gasteiger partial charge in [0.05, 0.1) is 11.1 Å². The normalized spacial score (nSPS) is 12.7. The van der Waals surface area contributed by atoms with E-state index in [0.29, 0.717) is 23.3 Å². The minimum absolute atomic E-state index is 0.595. The zero-order valence-electron chi connectivity index (χ0n) is 28.6. The Bertz CT molecular complexity index is 2670. The molecule has 0 bridgehead atoms. The first-order chi connectivity index (χ1) is 26.3. The molecule has 5 nitrogen and oxygen atoms in total. The second-order valence-electron chi connectivity index (χ2n) is 13.3. The molecule has 0 saturated heterocycles. The Labute approximate surface area is 307 Å². The molecule has 2 aromatic heterocycles. The summed E-state index contributed by atoms with van der Waals surface area (Å²) >= 11 is 0. The first kappa shape index (κ1) is 30.7. The molecule has 9 aromatic rings. The van der Waals surface area contributed by atoms with Gasteiger partial charge in [0.2, 0.25) is 0 Å². The lowest BCUT2D eigenvalue weighted by Gasteiger charge is -2.32. The molecule has 248 valence electrons. The average Bonchev–Trinajstić information content (AvgIpc) is 3.55. The highest BCUT2D eigenvalue weighted by Gasteiger charge is 2.47. The van der Waals surface area contributed by atoms with Crippen LogP contribution in [0.25, 0.3) is 67.5 Å². The average molecular weight is 678 g/mol. The summed E-state index contributed by atoms with van der Waals surface area (Å²) in [4.78, 5) is 25.3. The summed E-state index contributed by atoms with van der Waals surface area (Å²) < 4.78 is 0. The summed E-state index contributed by atoms with van der Waals surface area (Å²) in [5, 5.41) is 2.15. The van der Waals surface area contributed by atoms with Crippen molar-refractivity contribution >= 4 is 10.8 Å². The van der Waals surface area contributed by atoms with Gasteiger partial charge in [0, 0.05) is 34.0 Å². The third-order valence-corrected chi connectivity index (χ3v) is 10.2. The minimum atomic E-state index is -0.595. The van der Waals surface area contributed by atoms with Crippen LogP contribution in [0.2, 0.25) is 0 Å². The van der Waals surface area contributed by atoms with Crippen LogP contribution >= 0.6 is 0 Å². The number of fused-ring (bicyclic) bond motifs is 4. The highest BCUT2D eigenvalue weighted by atomic mass is 15.0. The fourth-order valence-corrected chi connectivity index (χ4v) is 7.77. The molecule has 0 atom stereocenters. The molecule has 10 rings (SSSR count). The van der Waals surface area contributed by atoms with Crippen molar-refractivity contribution < 1.29 is 0 Å². The van der Waals surface area contributed by atoms with Crippen LogP contribution in [0.1, 0.15) is 22.4 Å². The van der Waals surface area contributed by atoms with E-state index >= 15 is 0 Å². The van der Waals surface area contributed by atoms with Crippen molar-refractivity contribution in [2.45, 2.75) is 5.41 Å². The highest BCUT2D eigenvalue weighted by molar-refractivity contribution is 5.90. The standard InChI is InChI=1S/C48H31N5/c1-5-15-33(16-6-1)45-51-46(34-17-7-2-8-18-34)53-47(52-45)36-28-26-32-25-27-35(29-37(32)30-36)44-49-31-41-40-23-13-14-24-42(40)48(43(41)50-44,38-19-9-3-10-20-38)39-21-11-4-12-22-39/h1-31H. The molecule has 0 spiro atoms. The Hall–Kier alpha value is -7.11. The lowest BCUT2D eigenvalue weighted by atomic mass is 9.69. The van der Waals surface area contributed by atoms with Crippen LogP contribution in [-0.4, -0.2) is 24.9 Å². The third kappa shape index (κ3) is 5.13. The Balaban J connectivity index is 1.12. The molecule has 1 aliphatic carbocycles. The first-order valence-electron chi connectivity index (χ1n) is 17.8. The third-order valence-electron chi connectivity index (χ3n) is 10.2. The van der Waals surface area contributed by atoms with Gasteiger partial charge in [-0.05, 0) is 45.2 Å². The van der Waals surface area contributed by atoms with Crippen molar-refractivity contribution in [1.29, 1.82) is 0 Å². The molecule has 7 aromatic carbocycles. The molecule has 2 heterocycles. The van der Waals surface area contributed by atoms with Crippen LogP contribution in [0.4, 0.5) is 0 Å². The predicted octanol–water partition coefficient (Wildman–Crippen LogP) is 10.8. The molecule has 0 saturated carbocycles. The smallest absolute Gasteiger partial charge is 0.164 e. The van der Waals surface area contributed by atoms with E-state index < -0.39 is 5.41 Å². The van der Waals surface area contributed by atoms with Crippen molar-refractivity contribution in [3.8, 4) is 56.7 Å². The molecule has 1 aliphatic rings. The Kier molecular flexibility index (Phi) is 7.29. The van der Waals surface area contributed by atoms with Crippen molar-refractivity contribution in [2.75, 3.05) is 0 Å². The lowest BCUT2D eigenvalue weighted by molar-refractivity contribution is 0.736. The number of benzene rings is 7. The van der Waals surface area contributed by atoms with Gasteiger partial charge in [-0.2, -0.15) is 0 Å². The van der Waals surface area contributed by atoms with E-state index in [0.717, 1.165) is 49.8 Å². The second kappa shape index (κ2) is 12.6. The van der Waals surface area contributed by atoms with Crippen LogP contribution in [0.3, 0.4) is 0 Å². The van der Waals surface area contributed by atoms with Gasteiger partial charge in [-0.1, -0.05) is 170 Å². The van der Waals surface area contributed by atoms with Crippen LogP contribution in [0.15, 0.2) is 188 Å². The summed E-state index contributed by atoms with van der Waals surface area (Å²) in [6, 6.07) is 63.0. The lowest BCUT2D eigenvalue weighted by Crippen LogP contribution is -2.29. The van der Waals surface area contributed by atoms with Gasteiger partial charge in [-0.3, -0.25) is 0 Å². The molecule has 0 N–H and O–H groups in total. The van der Waals surface area contributed by atoms with Crippen LogP contribution in [0.5, 0.6) is 0 Å². The SMILES string of the molecule is c1ccc(-c2nc(-c3ccccc3)nc(-c3ccc4ccc(-c5ncc6c(n5)C(c5ccccc5)(c5ccccc5)c5ccccc5-6)cc4c3)n2)cc1. The fourth-order valence-electron chi connectivity index (χ4n) is 7.77. The van der Waals surface area contributed by atoms with Crippen molar-refractivity contribution in [2.24, 2.45) is 0 Å². The Morgan fingerprint density at radius 2 is 0.811 bits per heavy atom. The van der Waals surface area contributed by atoms with Crippen LogP contribution in [0, 0.1) is 0 Å². The molecular formula is C48H31N5. The number of hydrogen-bond donors (Lipinski definition) is 0. The quantitative estimate of drug-likeness (QED) is 0.175. The predicted molar refractivity (Wildman–Crippen MR) is 212 cm³/mol. The fraction of sp³-hybridized carbons (Fsp3) is 0.0208. The van der Waals surface area contributed by atoms with Crippen molar-refractivity contribution in [3.63, 3.8) is 0 Å². The summed E-state index contributed by atoms with van der Waals surface area (Å²) in [7, 11) is 0. The number of rotatable bonds is 6. The van der Waals surface area contributed by atoms with E-state index in [9.17, 15) is 0 Å². The van der Waals surface area contributed by atoms with Gasteiger partial charge in [0.15, 0.2) is 23.3 Å². The Morgan fingerprint density at radius 1 is 0.340 bits per heavy atom. The summed E-state index contributed by atoms with van der Waals surface area (Å²) in [6.45, 7) is 0. The van der Waals surface area contributed by atoms with Gasteiger partial charge in [0.25, 0.3) is 0 Å². The molecule has 0 radical (unpaired) electrons. The monoisotopic (exact) mass is 677 g/mol. The molecule has 5 heteroatoms. The van der Waals surface area contributed by atoms with Crippen molar-refractivity contribution in [3.05, 3.63) is 211 Å². The molecule has 0 fully saturated rings. The van der Waals surface area contributed by atoms with E-state index in [1.165, 1.54) is 16.7 Å². The molecule has 53 heavy (non-hydrogen) atoms. The van der Waals surface area contributed by atoms with Crippen LogP contribution in [-0.2, 0) is 5.41 Å². The topological polar surface area (TPSA) is 64.5 Å². The maximum Gasteiger partial charge on any atom is 0.164 e. The summed E-state index contributed by atoms with van der Waals surface area (Å²) in [5.41, 5.74) is 9.89. The van der Waals surface area contributed by atoms with Crippen molar-refractivity contribution in [1.82, 2.24) is 24.9 Å². The van der Waals surface area contributed by atoms with Gasteiger partial charge in [-0.15, -0.1) is 0 Å². The van der Waals surface area contributed by atoms with E-state index in [-0.39, 0.29) is 0 Å². The highest BCUT2D eigenvalue weighted by Crippen LogP contribution is 2.55. The van der Waals surface area contributed by atoms with Gasteiger partial charge >= 0.3 is 0 Å². The molecule has 0 aliphatic heterocycles. The molecule has 0 amide bonds. The van der Waals surface area contributed by atoms with Gasteiger partial charge < -0.3 is 0 Å². The summed E-state index contributed by atoms with van der Waals surface area (Å²) in [5.74, 6) is 2.57. The number of aromatic nitrogens is 5. The van der Waals surface area contributed by atoms with Crippen LogP contribution < -0.4 is 0 Å². The van der Waals surface area contributed by atoms with E-state index in [1.54, 1.807) is 0 Å². The van der Waals surface area contributed by atoms with E-state index in [1.807, 2.05) is 66.9 Å². The van der Waals surface area contributed by atoms with E-state index in [4.69, 9.17) is 24.9 Å². The number of hydrogen-bond acceptors (Lipinski definition) is 5. The second-order valence-corrected chi connectivity index (χ2v) is 13.3. The van der Waals surface area contributed by atoms with E-state index in [2.05, 4.69) is 121 Å². The molecule has 0 unspecified atom stereocenters. The van der Waals surface area contributed by atoms with Gasteiger partial charge in [-0.25, -0.2) is 24.9 Å².